The van der Waals surface area contributed by atoms with Crippen LogP contribution in [-0.4, -0.2) is 38.0 Å². The Hall–Kier alpha value is -0.173. The second-order valence-corrected chi connectivity index (χ2v) is 12.4. The molecule has 0 amide bonds. The Morgan fingerprint density at radius 3 is 2.06 bits per heavy atom. The van der Waals surface area contributed by atoms with Gasteiger partial charge in [-0.15, -0.1) is 0 Å². The summed E-state index contributed by atoms with van der Waals surface area (Å²) < 4.78 is 29.6. The average Bonchev–Trinajstić information content (AvgIpc) is 1.95. The van der Waals surface area contributed by atoms with Gasteiger partial charge in [0.2, 0.25) is 0 Å². The molecule has 0 radical (unpaired) electrons. The summed E-state index contributed by atoms with van der Waals surface area (Å²) >= 11 is 0. The van der Waals surface area contributed by atoms with Gasteiger partial charge in [-0.1, -0.05) is 45.6 Å². The first-order valence-corrected chi connectivity index (χ1v) is 9.86. The van der Waals surface area contributed by atoms with E-state index in [1.54, 1.807) is 0 Å². The van der Waals surface area contributed by atoms with Gasteiger partial charge in [0.1, 0.15) is 5.75 Å². The minimum Gasteiger partial charge on any atom is -0.388 e. The molecule has 0 rings (SSSR count). The van der Waals surface area contributed by atoms with Gasteiger partial charge >= 0.3 is 0 Å². The first-order valence-electron chi connectivity index (χ1n) is 5.18. The molecule has 0 aliphatic heterocycles. The van der Waals surface area contributed by atoms with Gasteiger partial charge in [-0.05, 0) is 5.04 Å². The van der Waals surface area contributed by atoms with Crippen molar-refractivity contribution >= 4 is 18.2 Å². The van der Waals surface area contributed by atoms with E-state index in [1.807, 2.05) is 5.70 Å². The van der Waals surface area contributed by atoms with Crippen LogP contribution >= 0.6 is 0 Å². The topological polar surface area (TPSA) is 74.6 Å². The van der Waals surface area contributed by atoms with Crippen molar-refractivity contribution in [3.05, 3.63) is 11.8 Å². The second-order valence-electron chi connectivity index (χ2n) is 5.65. The smallest absolute Gasteiger partial charge is 0.267 e. The van der Waals surface area contributed by atoms with Gasteiger partial charge in [0.05, 0.1) is 14.2 Å². The van der Waals surface area contributed by atoms with E-state index in [1.165, 1.54) is 6.08 Å². The Morgan fingerprint density at radius 1 is 1.31 bits per heavy atom. The summed E-state index contributed by atoms with van der Waals surface area (Å²) in [6.07, 6.45) is 0.342. The summed E-state index contributed by atoms with van der Waals surface area (Å²) in [7, 11) is -5.77. The molecule has 96 valence electrons. The van der Waals surface area contributed by atoms with Crippen LogP contribution in [0, 0.1) is 0 Å². The van der Waals surface area contributed by atoms with Crippen LogP contribution in [0.2, 0.25) is 18.1 Å². The average molecular weight is 266 g/mol. The van der Waals surface area contributed by atoms with Crippen molar-refractivity contribution in [3.8, 4) is 0 Å². The highest BCUT2D eigenvalue weighted by Gasteiger charge is 2.32. The molecule has 0 saturated heterocycles. The summed E-state index contributed by atoms with van der Waals surface area (Å²) in [4.78, 5) is 0. The van der Waals surface area contributed by atoms with Crippen molar-refractivity contribution in [1.29, 1.82) is 0 Å². The fourth-order valence-corrected chi connectivity index (χ4v) is 2.62. The zero-order valence-corrected chi connectivity index (χ0v) is 12.4. The molecule has 4 nitrogen and oxygen atoms in total. The Morgan fingerprint density at radius 2 is 1.75 bits per heavy atom. The molecule has 6 heteroatoms. The van der Waals surface area contributed by atoms with Crippen molar-refractivity contribution in [2.45, 2.75) is 45.0 Å². The fraction of sp³-hybridized carbons (Fsp3) is 0.800. The monoisotopic (exact) mass is 266 g/mol. The Bertz CT molecular complexity index is 352. The van der Waals surface area contributed by atoms with Crippen LogP contribution in [-0.2, 0) is 10.1 Å². The SMILES string of the molecule is CC(C)(C)[Si](C)(C)/C=C\C(O)CS(=O)(=O)O. The molecule has 0 heterocycles. The summed E-state index contributed by atoms with van der Waals surface area (Å²) in [6, 6.07) is 0. The zero-order valence-electron chi connectivity index (χ0n) is 10.6. The van der Waals surface area contributed by atoms with E-state index in [4.69, 9.17) is 4.55 Å². The van der Waals surface area contributed by atoms with Gasteiger partial charge in [-0.2, -0.15) is 8.42 Å². The van der Waals surface area contributed by atoms with E-state index in [-0.39, 0.29) is 5.04 Å². The molecule has 0 aromatic carbocycles. The molecule has 0 bridgehead atoms. The van der Waals surface area contributed by atoms with E-state index in [0.29, 0.717) is 0 Å². The molecule has 2 N–H and O–H groups in total. The lowest BCUT2D eigenvalue weighted by molar-refractivity contribution is 0.243. The predicted molar refractivity (Wildman–Crippen MR) is 68.8 cm³/mol. The highest BCUT2D eigenvalue weighted by molar-refractivity contribution is 7.85. The lowest BCUT2D eigenvalue weighted by atomic mass is 10.2. The van der Waals surface area contributed by atoms with E-state index in [0.717, 1.165) is 0 Å². The van der Waals surface area contributed by atoms with E-state index >= 15 is 0 Å². The summed E-state index contributed by atoms with van der Waals surface area (Å²) in [5.74, 6) is -0.641. The minimum absolute atomic E-state index is 0.140. The van der Waals surface area contributed by atoms with Gasteiger partial charge in [0, 0.05) is 0 Å². The quantitative estimate of drug-likeness (QED) is 0.601. The van der Waals surface area contributed by atoms with Crippen LogP contribution in [0.1, 0.15) is 20.8 Å². The van der Waals surface area contributed by atoms with Gasteiger partial charge in [-0.3, -0.25) is 4.55 Å². The third-order valence-corrected chi connectivity index (χ3v) is 8.70. The van der Waals surface area contributed by atoms with Crippen molar-refractivity contribution < 1.29 is 18.1 Å². The normalized spacial score (nSPS) is 16.7. The molecule has 0 aromatic heterocycles. The lowest BCUT2D eigenvalue weighted by Crippen LogP contribution is -2.35. The minimum atomic E-state index is -4.11. The largest absolute Gasteiger partial charge is 0.388 e. The van der Waals surface area contributed by atoms with Gasteiger partial charge in [0.25, 0.3) is 10.1 Å². The Balaban J connectivity index is 4.62. The second kappa shape index (κ2) is 4.99. The van der Waals surface area contributed by atoms with Gasteiger partial charge < -0.3 is 5.11 Å². The number of rotatable bonds is 4. The third-order valence-electron chi connectivity index (χ3n) is 3.05. The van der Waals surface area contributed by atoms with Crippen molar-refractivity contribution in [1.82, 2.24) is 0 Å². The molecule has 1 unspecified atom stereocenters. The van der Waals surface area contributed by atoms with Gasteiger partial charge in [-0.25, -0.2) is 0 Å². The maximum atomic E-state index is 10.5. The molecule has 0 aliphatic rings. The fourth-order valence-electron chi connectivity index (χ4n) is 0.873. The van der Waals surface area contributed by atoms with Crippen LogP contribution in [0.15, 0.2) is 11.8 Å². The highest BCUT2D eigenvalue weighted by atomic mass is 32.2. The third kappa shape index (κ3) is 5.79. The van der Waals surface area contributed by atoms with Crippen molar-refractivity contribution in [2.75, 3.05) is 5.75 Å². The molecule has 0 fully saturated rings. The highest BCUT2D eigenvalue weighted by Crippen LogP contribution is 2.36. The van der Waals surface area contributed by atoms with Crippen molar-refractivity contribution in [3.63, 3.8) is 0 Å². The standard InChI is InChI=1S/C10H22O4SSi/c1-10(2,3)16(4,5)7-6-9(11)8-15(12,13)14/h6-7,9,11H,8H2,1-5H3,(H,12,13,14)/b7-6-. The van der Waals surface area contributed by atoms with Crippen LogP contribution < -0.4 is 0 Å². The number of hydrogen-bond donors (Lipinski definition) is 2. The molecule has 0 aliphatic carbocycles. The van der Waals surface area contributed by atoms with Crippen LogP contribution in [0.3, 0.4) is 0 Å². The number of aliphatic hydroxyl groups is 1. The Labute approximate surface area is 99.1 Å². The maximum absolute atomic E-state index is 10.5. The molecule has 0 saturated carbocycles. The van der Waals surface area contributed by atoms with Crippen LogP contribution in [0.25, 0.3) is 0 Å². The summed E-state index contributed by atoms with van der Waals surface area (Å²) in [5, 5.41) is 9.55. The van der Waals surface area contributed by atoms with E-state index in [9.17, 15) is 13.5 Å². The molecular weight excluding hydrogens is 244 g/mol. The van der Waals surface area contributed by atoms with Crippen LogP contribution in [0.4, 0.5) is 0 Å². The number of aliphatic hydroxyl groups excluding tert-OH is 1. The lowest BCUT2D eigenvalue weighted by Gasteiger charge is -2.34. The molecule has 1 atom stereocenters. The van der Waals surface area contributed by atoms with E-state index < -0.39 is 30.0 Å². The molecule has 16 heavy (non-hydrogen) atoms. The van der Waals surface area contributed by atoms with E-state index in [2.05, 4.69) is 33.9 Å². The van der Waals surface area contributed by atoms with Crippen LogP contribution in [0.5, 0.6) is 0 Å². The summed E-state index contributed by atoms with van der Waals surface area (Å²) in [5.41, 5.74) is 1.92. The molecule has 0 aromatic rings. The van der Waals surface area contributed by atoms with Gasteiger partial charge in [0.15, 0.2) is 0 Å². The summed E-state index contributed by atoms with van der Waals surface area (Å²) in [6.45, 7) is 10.7. The molecular formula is C10H22O4SSi. The first-order chi connectivity index (χ1) is 6.85. The first kappa shape index (κ1) is 15.8. The Kier molecular flexibility index (Phi) is 4.94. The number of hydrogen-bond acceptors (Lipinski definition) is 3. The predicted octanol–water partition coefficient (Wildman–Crippen LogP) is 1.84. The maximum Gasteiger partial charge on any atom is 0.267 e. The van der Waals surface area contributed by atoms with Crippen molar-refractivity contribution in [2.24, 2.45) is 0 Å². The molecule has 0 spiro atoms. The zero-order chi connectivity index (χ0) is 13.2.